The summed E-state index contributed by atoms with van der Waals surface area (Å²) in [7, 11) is 0. The molecular formula is C17H14N4O2S. The smallest absolute Gasteiger partial charge is 0.330 e. The third-order valence-corrected chi connectivity index (χ3v) is 4.13. The van der Waals surface area contributed by atoms with Gasteiger partial charge in [0, 0.05) is 12.0 Å². The number of azo groups is 1. The molecule has 1 atom stereocenters. The van der Waals surface area contributed by atoms with Gasteiger partial charge in [-0.25, -0.2) is 4.79 Å². The van der Waals surface area contributed by atoms with Gasteiger partial charge < -0.3 is 5.11 Å². The lowest BCUT2D eigenvalue weighted by atomic mass is 10.1. The quantitative estimate of drug-likeness (QED) is 0.688. The monoisotopic (exact) mass is 338 g/mol. The highest BCUT2D eigenvalue weighted by Crippen LogP contribution is 2.28. The molecule has 1 N–H and O–H groups in total. The Morgan fingerprint density at radius 1 is 1.04 bits per heavy atom. The van der Waals surface area contributed by atoms with Crippen LogP contribution in [-0.4, -0.2) is 27.3 Å². The van der Waals surface area contributed by atoms with E-state index in [0.717, 1.165) is 16.1 Å². The Morgan fingerprint density at radius 2 is 1.71 bits per heavy atom. The van der Waals surface area contributed by atoms with Gasteiger partial charge in [0.25, 0.3) is 5.13 Å². The van der Waals surface area contributed by atoms with Crippen LogP contribution in [0.3, 0.4) is 0 Å². The van der Waals surface area contributed by atoms with E-state index >= 15 is 0 Å². The second-order valence-corrected chi connectivity index (χ2v) is 5.97. The van der Waals surface area contributed by atoms with E-state index in [1.54, 1.807) is 0 Å². The molecule has 0 aliphatic rings. The maximum absolute atomic E-state index is 11.4. The molecule has 0 amide bonds. The highest BCUT2D eigenvalue weighted by Gasteiger charge is 2.17. The van der Waals surface area contributed by atoms with E-state index in [9.17, 15) is 9.90 Å². The van der Waals surface area contributed by atoms with Gasteiger partial charge in [-0.1, -0.05) is 72.0 Å². The van der Waals surface area contributed by atoms with Gasteiger partial charge >= 0.3 is 5.97 Å². The van der Waals surface area contributed by atoms with Crippen molar-refractivity contribution in [3.8, 4) is 10.6 Å². The summed E-state index contributed by atoms with van der Waals surface area (Å²) in [5, 5.41) is 26.3. The number of carboxylic acids is 1. The highest BCUT2D eigenvalue weighted by atomic mass is 32.1. The molecule has 0 saturated heterocycles. The molecule has 0 aliphatic carbocycles. The number of carboxylic acid groups (broad SMARTS) is 1. The minimum atomic E-state index is -1.02. The molecular weight excluding hydrogens is 324 g/mol. The summed E-state index contributed by atoms with van der Waals surface area (Å²) in [5.41, 5.74) is 1.83. The van der Waals surface area contributed by atoms with Gasteiger partial charge in [-0.3, -0.25) is 0 Å². The van der Waals surface area contributed by atoms with Gasteiger partial charge in [0.05, 0.1) is 0 Å². The molecule has 3 aromatic rings. The van der Waals surface area contributed by atoms with Gasteiger partial charge in [-0.2, -0.15) is 5.11 Å². The summed E-state index contributed by atoms with van der Waals surface area (Å²) in [4.78, 5) is 11.4. The molecule has 1 aromatic heterocycles. The van der Waals surface area contributed by atoms with Crippen LogP contribution in [0, 0.1) is 0 Å². The van der Waals surface area contributed by atoms with Gasteiger partial charge in [-0.05, 0) is 5.56 Å². The first kappa shape index (κ1) is 15.9. The van der Waals surface area contributed by atoms with E-state index in [1.165, 1.54) is 11.3 Å². The summed E-state index contributed by atoms with van der Waals surface area (Å²) in [6.07, 6.45) is 0.282. The molecule has 0 saturated carbocycles. The zero-order chi connectivity index (χ0) is 16.8. The number of carbonyl (C=O) groups is 1. The Bertz CT molecular complexity index is 834. The van der Waals surface area contributed by atoms with Gasteiger partial charge in [0.2, 0.25) is 0 Å². The molecule has 0 aliphatic heterocycles. The minimum absolute atomic E-state index is 0.282. The number of hydrogen-bond acceptors (Lipinski definition) is 6. The number of rotatable bonds is 6. The lowest BCUT2D eigenvalue weighted by Crippen LogP contribution is -2.20. The van der Waals surface area contributed by atoms with Crippen molar-refractivity contribution in [3.63, 3.8) is 0 Å². The maximum Gasteiger partial charge on any atom is 0.330 e. The SMILES string of the molecule is O=C(O)C(Cc1ccccc1)N=Nc1nnc(-c2ccccc2)s1. The van der Waals surface area contributed by atoms with Gasteiger partial charge in [-0.15, -0.1) is 15.3 Å². The van der Waals surface area contributed by atoms with Crippen LogP contribution in [0.4, 0.5) is 5.13 Å². The Hall–Kier alpha value is -2.93. The van der Waals surface area contributed by atoms with Crippen molar-refractivity contribution in [2.24, 2.45) is 10.2 Å². The van der Waals surface area contributed by atoms with Crippen molar-refractivity contribution in [2.45, 2.75) is 12.5 Å². The average Bonchev–Trinajstić information content (AvgIpc) is 3.09. The molecule has 1 unspecified atom stereocenters. The Morgan fingerprint density at radius 3 is 2.38 bits per heavy atom. The van der Waals surface area contributed by atoms with Crippen molar-refractivity contribution >= 4 is 22.4 Å². The fourth-order valence-electron chi connectivity index (χ4n) is 2.09. The van der Waals surface area contributed by atoms with E-state index in [2.05, 4.69) is 20.4 Å². The second-order valence-electron chi connectivity index (χ2n) is 5.02. The predicted octanol–water partition coefficient (Wildman–Crippen LogP) is 3.98. The third kappa shape index (κ3) is 4.08. The first-order valence-electron chi connectivity index (χ1n) is 7.29. The van der Waals surface area contributed by atoms with Crippen molar-refractivity contribution in [1.29, 1.82) is 0 Å². The normalized spacial score (nSPS) is 12.3. The Labute approximate surface area is 142 Å². The van der Waals surface area contributed by atoms with Crippen LogP contribution in [0.15, 0.2) is 70.9 Å². The zero-order valence-corrected chi connectivity index (χ0v) is 13.4. The molecule has 0 fully saturated rings. The van der Waals surface area contributed by atoms with Crippen LogP contribution in [0.25, 0.3) is 10.6 Å². The number of aromatic nitrogens is 2. The summed E-state index contributed by atoms with van der Waals surface area (Å²) in [6.45, 7) is 0. The van der Waals surface area contributed by atoms with Crippen LogP contribution >= 0.6 is 11.3 Å². The largest absolute Gasteiger partial charge is 0.480 e. The van der Waals surface area contributed by atoms with Gasteiger partial charge in [0.1, 0.15) is 5.01 Å². The molecule has 0 spiro atoms. The van der Waals surface area contributed by atoms with E-state index in [4.69, 9.17) is 0 Å². The standard InChI is InChI=1S/C17H14N4O2S/c22-16(23)14(11-12-7-3-1-4-8-12)18-20-17-21-19-15(24-17)13-9-5-2-6-10-13/h1-10,14H,11H2,(H,22,23). The third-order valence-electron chi connectivity index (χ3n) is 3.27. The maximum atomic E-state index is 11.4. The molecule has 1 heterocycles. The lowest BCUT2D eigenvalue weighted by molar-refractivity contribution is -0.138. The molecule has 7 heteroatoms. The molecule has 6 nitrogen and oxygen atoms in total. The molecule has 24 heavy (non-hydrogen) atoms. The van der Waals surface area contributed by atoms with Crippen molar-refractivity contribution in [1.82, 2.24) is 10.2 Å². The summed E-state index contributed by atoms with van der Waals surface area (Å²) < 4.78 is 0. The molecule has 2 aromatic carbocycles. The van der Waals surface area contributed by atoms with Crippen LogP contribution in [0.1, 0.15) is 5.56 Å². The summed E-state index contributed by atoms with van der Waals surface area (Å²) >= 11 is 1.27. The molecule has 0 radical (unpaired) electrons. The lowest BCUT2D eigenvalue weighted by Gasteiger charge is -2.05. The summed E-state index contributed by atoms with van der Waals surface area (Å²) in [5.74, 6) is -1.02. The van der Waals surface area contributed by atoms with Crippen LogP contribution in [0.5, 0.6) is 0 Å². The van der Waals surface area contributed by atoms with Crippen LogP contribution < -0.4 is 0 Å². The Kier molecular flexibility index (Phi) is 5.02. The van der Waals surface area contributed by atoms with Crippen molar-refractivity contribution < 1.29 is 9.90 Å². The number of nitrogens with zero attached hydrogens (tertiary/aromatic N) is 4. The fraction of sp³-hybridized carbons (Fsp3) is 0.118. The van der Waals surface area contributed by atoms with Crippen molar-refractivity contribution in [3.05, 3.63) is 66.2 Å². The summed E-state index contributed by atoms with van der Waals surface area (Å²) in [6, 6.07) is 18.0. The van der Waals surface area contributed by atoms with E-state index in [1.807, 2.05) is 60.7 Å². The van der Waals surface area contributed by atoms with Crippen LogP contribution in [0.2, 0.25) is 0 Å². The predicted molar refractivity (Wildman–Crippen MR) is 91.4 cm³/mol. The minimum Gasteiger partial charge on any atom is -0.480 e. The fourth-order valence-corrected chi connectivity index (χ4v) is 2.77. The first-order chi connectivity index (χ1) is 11.7. The highest BCUT2D eigenvalue weighted by molar-refractivity contribution is 7.18. The number of benzene rings is 2. The van der Waals surface area contributed by atoms with E-state index < -0.39 is 12.0 Å². The molecule has 3 rings (SSSR count). The molecule has 120 valence electrons. The second kappa shape index (κ2) is 7.56. The van der Waals surface area contributed by atoms with Gasteiger partial charge in [0.15, 0.2) is 6.04 Å². The zero-order valence-electron chi connectivity index (χ0n) is 12.6. The van der Waals surface area contributed by atoms with E-state index in [-0.39, 0.29) is 6.42 Å². The van der Waals surface area contributed by atoms with E-state index in [0.29, 0.717) is 5.13 Å². The number of hydrogen-bond donors (Lipinski definition) is 1. The molecule has 0 bridgehead atoms. The average molecular weight is 338 g/mol. The van der Waals surface area contributed by atoms with Crippen molar-refractivity contribution in [2.75, 3.05) is 0 Å². The van der Waals surface area contributed by atoms with Crippen LogP contribution in [-0.2, 0) is 11.2 Å². The first-order valence-corrected chi connectivity index (χ1v) is 8.10. The Balaban J connectivity index is 1.73. The topological polar surface area (TPSA) is 87.8 Å². The number of aliphatic carboxylic acids is 1.